The van der Waals surface area contributed by atoms with Crippen molar-refractivity contribution in [1.29, 1.82) is 0 Å². The molecule has 0 aliphatic carbocycles. The molecule has 25 heavy (non-hydrogen) atoms. The quantitative estimate of drug-likeness (QED) is 0.523. The highest BCUT2D eigenvalue weighted by Crippen LogP contribution is 2.30. The molecule has 0 aromatic heterocycles. The lowest BCUT2D eigenvalue weighted by Gasteiger charge is -2.11. The Morgan fingerprint density at radius 3 is 2.36 bits per heavy atom. The number of anilines is 1. The van der Waals surface area contributed by atoms with Crippen LogP contribution in [0.25, 0.3) is 6.08 Å². The van der Waals surface area contributed by atoms with E-state index in [1.165, 1.54) is 5.01 Å². The third-order valence-electron chi connectivity index (χ3n) is 3.85. The van der Waals surface area contributed by atoms with Crippen LogP contribution in [0.1, 0.15) is 12.5 Å². The van der Waals surface area contributed by atoms with Gasteiger partial charge in [-0.3, -0.25) is 4.79 Å². The zero-order chi connectivity index (χ0) is 18.0. The maximum atomic E-state index is 12.8. The lowest BCUT2D eigenvalue weighted by molar-refractivity contribution is -0.114. The molecule has 2 aromatic carbocycles. The Morgan fingerprint density at radius 2 is 1.72 bits per heavy atom. The third kappa shape index (κ3) is 3.53. The number of amides is 1. The van der Waals surface area contributed by atoms with Gasteiger partial charge in [0.2, 0.25) is 0 Å². The molecule has 0 radical (unpaired) electrons. The second kappa shape index (κ2) is 7.26. The second-order valence-corrected chi connectivity index (χ2v) is 6.70. The Morgan fingerprint density at radius 1 is 1.04 bits per heavy atom. The van der Waals surface area contributed by atoms with Crippen LogP contribution in [0.3, 0.4) is 0 Å². The minimum atomic E-state index is -0.145. The lowest BCUT2D eigenvalue weighted by Crippen LogP contribution is -2.21. The number of rotatable bonds is 4. The molecule has 0 unspecified atom stereocenters. The van der Waals surface area contributed by atoms with Crippen molar-refractivity contribution in [3.05, 3.63) is 57.2 Å². The number of hydrogen-bond donors (Lipinski definition) is 0. The highest BCUT2D eigenvalue weighted by atomic mass is 127. The average molecular weight is 448 g/mol. The third-order valence-corrected chi connectivity index (χ3v) is 4.57. The van der Waals surface area contributed by atoms with Gasteiger partial charge in [-0.2, -0.15) is 10.1 Å². The van der Waals surface area contributed by atoms with Gasteiger partial charge in [0.15, 0.2) is 11.5 Å². The fourth-order valence-electron chi connectivity index (χ4n) is 2.55. The van der Waals surface area contributed by atoms with E-state index in [1.807, 2.05) is 55.5 Å². The molecule has 0 atom stereocenters. The van der Waals surface area contributed by atoms with Gasteiger partial charge >= 0.3 is 0 Å². The molecular weight excluding hydrogens is 431 g/mol. The monoisotopic (exact) mass is 448 g/mol. The maximum absolute atomic E-state index is 12.8. The fourth-order valence-corrected chi connectivity index (χ4v) is 2.91. The molecule has 0 fully saturated rings. The van der Waals surface area contributed by atoms with Crippen LogP contribution >= 0.6 is 22.6 Å². The van der Waals surface area contributed by atoms with Crippen LogP contribution < -0.4 is 14.5 Å². The Kier molecular flexibility index (Phi) is 5.08. The van der Waals surface area contributed by atoms with Crippen molar-refractivity contribution < 1.29 is 14.3 Å². The number of ether oxygens (including phenoxy) is 2. The van der Waals surface area contributed by atoms with E-state index in [9.17, 15) is 4.79 Å². The molecule has 0 N–H and O–H groups in total. The Balaban J connectivity index is 1.93. The predicted octanol–water partition coefficient (Wildman–Crippen LogP) is 4.11. The maximum Gasteiger partial charge on any atom is 0.280 e. The summed E-state index contributed by atoms with van der Waals surface area (Å²) in [5.41, 5.74) is 2.84. The molecule has 6 heteroatoms. The topological polar surface area (TPSA) is 51.1 Å². The summed E-state index contributed by atoms with van der Waals surface area (Å²) in [6.45, 7) is 1.83. The molecule has 0 bridgehead atoms. The SMILES string of the molecule is COc1ccc(C=C2C(=O)N(c3ccc(I)cc3)N=C2C)cc1OC. The first kappa shape index (κ1) is 17.5. The Hall–Kier alpha value is -2.35. The summed E-state index contributed by atoms with van der Waals surface area (Å²) in [6, 6.07) is 13.2. The zero-order valence-electron chi connectivity index (χ0n) is 14.1. The number of carbonyl (C=O) groups excluding carboxylic acids is 1. The molecule has 1 amide bonds. The van der Waals surface area contributed by atoms with Crippen molar-refractivity contribution in [2.24, 2.45) is 5.10 Å². The van der Waals surface area contributed by atoms with Crippen LogP contribution in [0.15, 0.2) is 53.1 Å². The first-order valence-electron chi connectivity index (χ1n) is 7.63. The first-order chi connectivity index (χ1) is 12.0. The van der Waals surface area contributed by atoms with E-state index in [4.69, 9.17) is 9.47 Å². The molecular formula is C19H17IN2O3. The normalized spacial score (nSPS) is 15.5. The molecule has 0 saturated heterocycles. The summed E-state index contributed by atoms with van der Waals surface area (Å²) in [7, 11) is 3.17. The summed E-state index contributed by atoms with van der Waals surface area (Å²) < 4.78 is 11.7. The lowest BCUT2D eigenvalue weighted by atomic mass is 10.1. The second-order valence-electron chi connectivity index (χ2n) is 5.45. The van der Waals surface area contributed by atoms with Gasteiger partial charge in [-0.25, -0.2) is 0 Å². The smallest absolute Gasteiger partial charge is 0.280 e. The average Bonchev–Trinajstić information content (AvgIpc) is 2.90. The highest BCUT2D eigenvalue weighted by Gasteiger charge is 2.28. The van der Waals surface area contributed by atoms with Gasteiger partial charge in [-0.1, -0.05) is 6.07 Å². The zero-order valence-corrected chi connectivity index (χ0v) is 16.3. The van der Waals surface area contributed by atoms with E-state index in [0.29, 0.717) is 22.8 Å². The highest BCUT2D eigenvalue weighted by molar-refractivity contribution is 14.1. The van der Waals surface area contributed by atoms with Gasteiger partial charge in [0.25, 0.3) is 5.91 Å². The molecule has 5 nitrogen and oxygen atoms in total. The van der Waals surface area contributed by atoms with Crippen molar-refractivity contribution in [2.75, 3.05) is 19.2 Å². The van der Waals surface area contributed by atoms with E-state index in [2.05, 4.69) is 27.7 Å². The first-order valence-corrected chi connectivity index (χ1v) is 8.70. The van der Waals surface area contributed by atoms with Crippen LogP contribution in [0, 0.1) is 3.57 Å². The van der Waals surface area contributed by atoms with Crippen LogP contribution in [0.5, 0.6) is 11.5 Å². The van der Waals surface area contributed by atoms with E-state index >= 15 is 0 Å². The number of halogens is 1. The molecule has 1 aliphatic heterocycles. The Labute approximate surface area is 160 Å². The molecule has 1 heterocycles. The number of benzene rings is 2. The largest absolute Gasteiger partial charge is 0.493 e. The number of nitrogens with zero attached hydrogens (tertiary/aromatic N) is 2. The van der Waals surface area contributed by atoms with Gasteiger partial charge in [-0.15, -0.1) is 0 Å². The van der Waals surface area contributed by atoms with Crippen molar-refractivity contribution in [2.45, 2.75) is 6.92 Å². The van der Waals surface area contributed by atoms with Gasteiger partial charge in [0.05, 0.1) is 31.2 Å². The molecule has 0 saturated carbocycles. The summed E-state index contributed by atoms with van der Waals surface area (Å²) in [4.78, 5) is 12.8. The summed E-state index contributed by atoms with van der Waals surface area (Å²) in [5, 5.41) is 5.83. The summed E-state index contributed by atoms with van der Waals surface area (Å²) in [5.74, 6) is 1.12. The molecule has 1 aliphatic rings. The summed E-state index contributed by atoms with van der Waals surface area (Å²) in [6.07, 6.45) is 1.82. The molecule has 128 valence electrons. The van der Waals surface area contributed by atoms with Gasteiger partial charge < -0.3 is 9.47 Å². The standard InChI is InChI=1S/C19H17IN2O3/c1-12-16(10-13-4-9-17(24-2)18(11-13)25-3)19(23)22(21-12)15-7-5-14(20)6-8-15/h4-11H,1-3H3. The summed E-state index contributed by atoms with van der Waals surface area (Å²) >= 11 is 2.23. The van der Waals surface area contributed by atoms with E-state index in [1.54, 1.807) is 14.2 Å². The van der Waals surface area contributed by atoms with E-state index < -0.39 is 0 Å². The van der Waals surface area contributed by atoms with Crippen LogP contribution in [-0.2, 0) is 4.79 Å². The van der Waals surface area contributed by atoms with E-state index in [-0.39, 0.29) is 5.91 Å². The van der Waals surface area contributed by atoms with Crippen LogP contribution in [-0.4, -0.2) is 25.8 Å². The van der Waals surface area contributed by atoms with Crippen molar-refractivity contribution in [3.63, 3.8) is 0 Å². The van der Waals surface area contributed by atoms with Crippen molar-refractivity contribution in [3.8, 4) is 11.5 Å². The van der Waals surface area contributed by atoms with Gasteiger partial charge in [-0.05, 0) is 77.6 Å². The van der Waals surface area contributed by atoms with Crippen LogP contribution in [0.2, 0.25) is 0 Å². The fraction of sp³-hybridized carbons (Fsp3) is 0.158. The van der Waals surface area contributed by atoms with Crippen molar-refractivity contribution in [1.82, 2.24) is 0 Å². The number of hydrogen-bond acceptors (Lipinski definition) is 4. The number of hydrazone groups is 1. The molecule has 2 aromatic rings. The Bertz CT molecular complexity index is 873. The van der Waals surface area contributed by atoms with E-state index in [0.717, 1.165) is 14.8 Å². The van der Waals surface area contributed by atoms with Gasteiger partial charge in [0, 0.05) is 3.57 Å². The van der Waals surface area contributed by atoms with Crippen molar-refractivity contribution >= 4 is 46.0 Å². The minimum Gasteiger partial charge on any atom is -0.493 e. The van der Waals surface area contributed by atoms with Gasteiger partial charge in [0.1, 0.15) is 0 Å². The number of methoxy groups -OCH3 is 2. The predicted molar refractivity (Wildman–Crippen MR) is 107 cm³/mol. The minimum absolute atomic E-state index is 0.145. The van der Waals surface area contributed by atoms with Crippen LogP contribution in [0.4, 0.5) is 5.69 Å². The molecule has 0 spiro atoms. The molecule has 3 rings (SSSR count). The number of carbonyl (C=O) groups is 1.